The summed E-state index contributed by atoms with van der Waals surface area (Å²) in [6, 6.07) is 26.1. The van der Waals surface area contributed by atoms with E-state index in [1.807, 2.05) is 43.3 Å². The number of aromatic carboxylic acids is 1. The molecular weight excluding hydrogens is 570 g/mol. The van der Waals surface area contributed by atoms with Crippen LogP contribution in [0.5, 0.6) is 11.5 Å². The molecule has 0 saturated carbocycles. The van der Waals surface area contributed by atoms with E-state index in [0.717, 1.165) is 10.9 Å². The second-order valence-corrected chi connectivity index (χ2v) is 9.92. The normalized spacial score (nSPS) is 11.4. The maximum Gasteiger partial charge on any atom is 0.335 e. The van der Waals surface area contributed by atoms with Gasteiger partial charge in [-0.15, -0.1) is 0 Å². The van der Waals surface area contributed by atoms with Crippen molar-refractivity contribution in [2.75, 3.05) is 6.61 Å². The summed E-state index contributed by atoms with van der Waals surface area (Å²) in [5, 5.41) is 15.2. The number of carbonyl (C=O) groups is 1. The summed E-state index contributed by atoms with van der Waals surface area (Å²) < 4.78 is 19.0. The van der Waals surface area contributed by atoms with Crippen LogP contribution in [0.25, 0.3) is 33.5 Å². The molecule has 10 heteroatoms. The summed E-state index contributed by atoms with van der Waals surface area (Å²) in [4.78, 5) is 29.4. The fraction of sp³-hybridized carbons (Fsp3) is 0.0909. The average molecular weight is 594 g/mol. The van der Waals surface area contributed by atoms with Crippen molar-refractivity contribution in [1.29, 1.82) is 0 Å². The summed E-state index contributed by atoms with van der Waals surface area (Å²) in [6.45, 7) is 2.33. The Morgan fingerprint density at radius 1 is 1.02 bits per heavy atom. The molecular formula is C33H24ClN3O6. The molecule has 0 unspecified atom stereocenters. The number of furan rings is 1. The molecule has 1 N–H and O–H groups in total. The number of para-hydroxylation sites is 2. The highest BCUT2D eigenvalue weighted by Crippen LogP contribution is 2.37. The summed E-state index contributed by atoms with van der Waals surface area (Å²) in [5.74, 6) is 0.365. The quantitative estimate of drug-likeness (QED) is 0.179. The molecule has 0 spiro atoms. The first kappa shape index (κ1) is 27.7. The van der Waals surface area contributed by atoms with Crippen LogP contribution in [0, 0.1) is 0 Å². The number of carboxylic acid groups (broad SMARTS) is 1. The first-order valence-electron chi connectivity index (χ1n) is 13.4. The molecule has 6 rings (SSSR count). The number of rotatable bonds is 9. The van der Waals surface area contributed by atoms with Gasteiger partial charge in [-0.1, -0.05) is 54.1 Å². The smallest absolute Gasteiger partial charge is 0.335 e. The Balaban J connectivity index is 1.36. The van der Waals surface area contributed by atoms with Crippen LogP contribution in [-0.2, 0) is 6.61 Å². The molecule has 0 atom stereocenters. The molecule has 0 radical (unpaired) electrons. The molecule has 0 aliphatic rings. The minimum Gasteiger partial charge on any atom is -0.490 e. The lowest BCUT2D eigenvalue weighted by atomic mass is 10.1. The fourth-order valence-electron chi connectivity index (χ4n) is 4.57. The number of ether oxygens (including phenoxy) is 2. The molecule has 9 nitrogen and oxygen atoms in total. The topological polar surface area (TPSA) is 116 Å². The Morgan fingerprint density at radius 2 is 1.79 bits per heavy atom. The second kappa shape index (κ2) is 11.8. The van der Waals surface area contributed by atoms with Gasteiger partial charge in [0.1, 0.15) is 12.2 Å². The zero-order valence-electron chi connectivity index (χ0n) is 22.9. The number of hydrogen-bond donors (Lipinski definition) is 1. The van der Waals surface area contributed by atoms with E-state index in [4.69, 9.17) is 35.6 Å². The monoisotopic (exact) mass is 593 g/mol. The first-order valence-corrected chi connectivity index (χ1v) is 13.8. The highest BCUT2D eigenvalue weighted by molar-refractivity contribution is 6.32. The average Bonchev–Trinajstić information content (AvgIpc) is 3.45. The third-order valence-corrected chi connectivity index (χ3v) is 6.92. The molecule has 4 aromatic carbocycles. The SMILES string of the molecule is CCOc1cc(C=Nn2c(-c3cc4ccccc4o3)nc3ccccc3c2=O)cc(Cl)c1OCc1ccc(C(=O)O)cc1. The van der Waals surface area contributed by atoms with E-state index in [1.165, 1.54) is 23.0 Å². The fourth-order valence-corrected chi connectivity index (χ4v) is 4.84. The van der Waals surface area contributed by atoms with E-state index in [1.54, 1.807) is 42.5 Å². The van der Waals surface area contributed by atoms with Gasteiger partial charge >= 0.3 is 5.97 Å². The third-order valence-electron chi connectivity index (χ3n) is 6.64. The van der Waals surface area contributed by atoms with Crippen molar-refractivity contribution >= 4 is 45.7 Å². The van der Waals surface area contributed by atoms with Crippen molar-refractivity contribution in [2.24, 2.45) is 5.10 Å². The molecule has 0 bridgehead atoms. The van der Waals surface area contributed by atoms with Crippen LogP contribution >= 0.6 is 11.6 Å². The largest absolute Gasteiger partial charge is 0.490 e. The van der Waals surface area contributed by atoms with Crippen LogP contribution in [0.15, 0.2) is 105 Å². The van der Waals surface area contributed by atoms with Gasteiger partial charge in [-0.05, 0) is 66.6 Å². The number of hydrogen-bond acceptors (Lipinski definition) is 7. The van der Waals surface area contributed by atoms with Crippen molar-refractivity contribution in [3.8, 4) is 23.1 Å². The molecule has 2 heterocycles. The number of nitrogens with zero attached hydrogens (tertiary/aromatic N) is 3. The Hall–Kier alpha value is -5.41. The van der Waals surface area contributed by atoms with Gasteiger partial charge in [-0.2, -0.15) is 9.78 Å². The van der Waals surface area contributed by atoms with E-state index in [9.17, 15) is 9.59 Å². The first-order chi connectivity index (χ1) is 20.9. The molecule has 43 heavy (non-hydrogen) atoms. The van der Waals surface area contributed by atoms with Gasteiger partial charge in [0.2, 0.25) is 5.82 Å². The molecule has 0 fully saturated rings. The van der Waals surface area contributed by atoms with E-state index < -0.39 is 5.97 Å². The zero-order chi connectivity index (χ0) is 29.9. The minimum absolute atomic E-state index is 0.145. The van der Waals surface area contributed by atoms with Gasteiger partial charge < -0.3 is 19.0 Å². The van der Waals surface area contributed by atoms with E-state index in [0.29, 0.717) is 45.9 Å². The van der Waals surface area contributed by atoms with Gasteiger partial charge in [-0.3, -0.25) is 4.79 Å². The lowest BCUT2D eigenvalue weighted by Gasteiger charge is -2.14. The molecule has 2 aromatic heterocycles. The summed E-state index contributed by atoms with van der Waals surface area (Å²) in [7, 11) is 0. The van der Waals surface area contributed by atoms with Gasteiger partial charge in [0, 0.05) is 5.39 Å². The number of aromatic nitrogens is 2. The van der Waals surface area contributed by atoms with E-state index >= 15 is 0 Å². The van der Waals surface area contributed by atoms with Gasteiger partial charge in [0.05, 0.1) is 34.3 Å². The number of halogens is 1. The lowest BCUT2D eigenvalue weighted by Crippen LogP contribution is -2.20. The van der Waals surface area contributed by atoms with Crippen molar-refractivity contribution in [3.63, 3.8) is 0 Å². The lowest BCUT2D eigenvalue weighted by molar-refractivity contribution is 0.0697. The van der Waals surface area contributed by atoms with E-state index in [-0.39, 0.29) is 28.6 Å². The second-order valence-electron chi connectivity index (χ2n) is 9.52. The van der Waals surface area contributed by atoms with Gasteiger partial charge in [0.15, 0.2) is 17.3 Å². The number of benzene rings is 4. The zero-order valence-corrected chi connectivity index (χ0v) is 23.6. The molecule has 0 saturated heterocycles. The van der Waals surface area contributed by atoms with Crippen LogP contribution in [0.3, 0.4) is 0 Å². The third kappa shape index (κ3) is 5.71. The summed E-state index contributed by atoms with van der Waals surface area (Å²) >= 11 is 6.63. The van der Waals surface area contributed by atoms with Crippen LogP contribution in [-0.4, -0.2) is 33.6 Å². The Labute approximate surface area is 250 Å². The van der Waals surface area contributed by atoms with Crippen molar-refractivity contribution in [2.45, 2.75) is 13.5 Å². The molecule has 0 aliphatic carbocycles. The van der Waals surface area contributed by atoms with Crippen molar-refractivity contribution in [3.05, 3.63) is 123 Å². The van der Waals surface area contributed by atoms with Crippen LogP contribution < -0.4 is 15.0 Å². The summed E-state index contributed by atoms with van der Waals surface area (Å²) in [5.41, 5.74) is 2.33. The van der Waals surface area contributed by atoms with Gasteiger partial charge in [-0.25, -0.2) is 9.78 Å². The Morgan fingerprint density at radius 3 is 2.56 bits per heavy atom. The highest BCUT2D eigenvalue weighted by atomic mass is 35.5. The predicted octanol–water partition coefficient (Wildman–Crippen LogP) is 7.02. The molecule has 0 aliphatic heterocycles. The van der Waals surface area contributed by atoms with Crippen molar-refractivity contribution < 1.29 is 23.8 Å². The highest BCUT2D eigenvalue weighted by Gasteiger charge is 2.17. The standard InChI is InChI=1S/C33H24ClN3O6/c1-2-41-28-16-21(15-25(34)30(28)42-19-20-11-13-22(14-12-20)33(39)40)18-35-37-31(29-17-23-7-3-6-10-27(23)43-29)36-26-9-5-4-8-24(26)32(37)38/h3-18H,2,19H2,1H3,(H,39,40). The molecule has 214 valence electrons. The van der Waals surface area contributed by atoms with Crippen LogP contribution in [0.1, 0.15) is 28.4 Å². The summed E-state index contributed by atoms with van der Waals surface area (Å²) in [6.07, 6.45) is 1.49. The van der Waals surface area contributed by atoms with Crippen molar-refractivity contribution in [1.82, 2.24) is 9.66 Å². The van der Waals surface area contributed by atoms with Crippen LogP contribution in [0.2, 0.25) is 5.02 Å². The van der Waals surface area contributed by atoms with E-state index in [2.05, 4.69) is 5.10 Å². The van der Waals surface area contributed by atoms with Crippen LogP contribution in [0.4, 0.5) is 0 Å². The Bertz CT molecular complexity index is 2030. The maximum absolute atomic E-state index is 13.6. The number of carboxylic acids is 1. The number of fused-ring (bicyclic) bond motifs is 2. The maximum atomic E-state index is 13.6. The molecule has 6 aromatic rings. The van der Waals surface area contributed by atoms with Gasteiger partial charge in [0.25, 0.3) is 5.56 Å². The molecule has 0 amide bonds. The Kier molecular flexibility index (Phi) is 7.63. The predicted molar refractivity (Wildman–Crippen MR) is 165 cm³/mol. The minimum atomic E-state index is -1.00.